The minimum atomic E-state index is -0.228. The number of carbonyl (C=O) groups excluding carboxylic acids is 1. The van der Waals surface area contributed by atoms with Gasteiger partial charge in [0.05, 0.1) is 10.7 Å². The Morgan fingerprint density at radius 2 is 2.00 bits per heavy atom. The largest absolute Gasteiger partial charge is 0.331 e. The molecule has 0 aliphatic rings. The van der Waals surface area contributed by atoms with Gasteiger partial charge in [-0.15, -0.1) is 0 Å². The molecule has 1 aromatic rings. The second-order valence-electron chi connectivity index (χ2n) is 2.95. The number of benzene rings is 1. The number of carbonyl (C=O) groups is 1. The topological polar surface area (TPSA) is 32.3 Å². The molecular weight excluding hydrogens is 223 g/mol. The number of nitrogens with one attached hydrogen (secondary N) is 1. The van der Waals surface area contributed by atoms with Gasteiger partial charge in [0.1, 0.15) is 0 Å². The Bertz CT molecular complexity index is 353. The van der Waals surface area contributed by atoms with Crippen molar-refractivity contribution in [3.05, 3.63) is 28.2 Å². The second-order valence-corrected chi connectivity index (χ2v) is 3.79. The lowest BCUT2D eigenvalue weighted by molar-refractivity contribution is 0.230. The Balaban J connectivity index is 2.82. The van der Waals surface area contributed by atoms with E-state index in [1.54, 1.807) is 32.3 Å². The molecule has 0 atom stereocenters. The first-order valence-corrected chi connectivity index (χ1v) is 4.69. The van der Waals surface area contributed by atoms with Crippen molar-refractivity contribution in [3.8, 4) is 0 Å². The molecule has 0 unspecified atom stereocenters. The highest BCUT2D eigenvalue weighted by molar-refractivity contribution is 6.36. The summed E-state index contributed by atoms with van der Waals surface area (Å²) in [5, 5.41) is 3.60. The zero-order valence-electron chi connectivity index (χ0n) is 7.84. The second kappa shape index (κ2) is 4.53. The van der Waals surface area contributed by atoms with Gasteiger partial charge >= 0.3 is 6.03 Å². The van der Waals surface area contributed by atoms with Crippen molar-refractivity contribution >= 4 is 34.9 Å². The van der Waals surface area contributed by atoms with Crippen molar-refractivity contribution in [2.24, 2.45) is 0 Å². The van der Waals surface area contributed by atoms with E-state index in [1.807, 2.05) is 0 Å². The highest BCUT2D eigenvalue weighted by atomic mass is 35.5. The van der Waals surface area contributed by atoms with E-state index in [2.05, 4.69) is 5.32 Å². The Kier molecular flexibility index (Phi) is 3.61. The molecule has 0 aliphatic heterocycles. The number of anilines is 1. The van der Waals surface area contributed by atoms with Crippen LogP contribution in [0.5, 0.6) is 0 Å². The minimum absolute atomic E-state index is 0.228. The van der Waals surface area contributed by atoms with E-state index in [0.717, 1.165) is 0 Å². The Morgan fingerprint density at radius 3 is 2.50 bits per heavy atom. The molecule has 0 radical (unpaired) electrons. The summed E-state index contributed by atoms with van der Waals surface area (Å²) in [6, 6.07) is 4.67. The van der Waals surface area contributed by atoms with Gasteiger partial charge in [-0.25, -0.2) is 4.79 Å². The number of halogens is 2. The van der Waals surface area contributed by atoms with E-state index in [9.17, 15) is 4.79 Å². The maximum Gasteiger partial charge on any atom is 0.321 e. The van der Waals surface area contributed by atoms with Crippen LogP contribution in [0.3, 0.4) is 0 Å². The number of amides is 2. The Morgan fingerprint density at radius 1 is 1.36 bits per heavy atom. The van der Waals surface area contributed by atoms with E-state index in [0.29, 0.717) is 15.7 Å². The van der Waals surface area contributed by atoms with Crippen LogP contribution in [0.25, 0.3) is 0 Å². The summed E-state index contributed by atoms with van der Waals surface area (Å²) in [6.45, 7) is 0. The van der Waals surface area contributed by atoms with Crippen molar-refractivity contribution in [1.82, 2.24) is 4.90 Å². The molecule has 0 saturated carbocycles. The summed E-state index contributed by atoms with van der Waals surface area (Å²) in [5.74, 6) is 0. The van der Waals surface area contributed by atoms with E-state index in [1.165, 1.54) is 4.90 Å². The van der Waals surface area contributed by atoms with Gasteiger partial charge in [-0.2, -0.15) is 0 Å². The summed E-state index contributed by atoms with van der Waals surface area (Å²) in [4.78, 5) is 12.7. The lowest BCUT2D eigenvalue weighted by atomic mass is 10.3. The van der Waals surface area contributed by atoms with Gasteiger partial charge in [-0.05, 0) is 18.2 Å². The van der Waals surface area contributed by atoms with Crippen LogP contribution in [0.15, 0.2) is 18.2 Å². The highest BCUT2D eigenvalue weighted by Gasteiger charge is 2.06. The maximum atomic E-state index is 11.3. The van der Waals surface area contributed by atoms with Gasteiger partial charge in [0.25, 0.3) is 0 Å². The highest BCUT2D eigenvalue weighted by Crippen LogP contribution is 2.25. The number of hydrogen-bond donors (Lipinski definition) is 1. The molecule has 0 bridgehead atoms. The standard InChI is InChI=1S/C9H10Cl2N2O/c1-13(2)9(14)12-8-4-3-6(10)5-7(8)11/h3-5H,1-2H3,(H,12,14). The fourth-order valence-corrected chi connectivity index (χ4v) is 1.27. The molecule has 0 aromatic heterocycles. The van der Waals surface area contributed by atoms with Crippen LogP contribution in [0, 0.1) is 0 Å². The SMILES string of the molecule is CN(C)C(=O)Nc1ccc(Cl)cc1Cl. The number of hydrogen-bond acceptors (Lipinski definition) is 1. The van der Waals surface area contributed by atoms with Gasteiger partial charge < -0.3 is 10.2 Å². The van der Waals surface area contributed by atoms with E-state index < -0.39 is 0 Å². The molecule has 14 heavy (non-hydrogen) atoms. The first kappa shape index (κ1) is 11.1. The van der Waals surface area contributed by atoms with Crippen LogP contribution in [-0.2, 0) is 0 Å². The first-order chi connectivity index (χ1) is 6.50. The molecule has 76 valence electrons. The third kappa shape index (κ3) is 2.79. The predicted octanol–water partition coefficient (Wildman–Crippen LogP) is 3.09. The fourth-order valence-electron chi connectivity index (χ4n) is 0.818. The van der Waals surface area contributed by atoms with E-state index in [4.69, 9.17) is 23.2 Å². The van der Waals surface area contributed by atoms with E-state index in [-0.39, 0.29) is 6.03 Å². The van der Waals surface area contributed by atoms with Gasteiger partial charge in [-0.1, -0.05) is 23.2 Å². The van der Waals surface area contributed by atoms with Crippen molar-refractivity contribution in [3.63, 3.8) is 0 Å². The quantitative estimate of drug-likeness (QED) is 0.794. The van der Waals surface area contributed by atoms with Crippen molar-refractivity contribution in [2.45, 2.75) is 0 Å². The van der Waals surface area contributed by atoms with Crippen molar-refractivity contribution in [2.75, 3.05) is 19.4 Å². The molecule has 1 N–H and O–H groups in total. The van der Waals surface area contributed by atoms with Crippen LogP contribution in [0.4, 0.5) is 10.5 Å². The van der Waals surface area contributed by atoms with Gasteiger partial charge in [0.15, 0.2) is 0 Å². The molecule has 0 aliphatic carbocycles. The predicted molar refractivity (Wildman–Crippen MR) is 59.2 cm³/mol. The van der Waals surface area contributed by atoms with Crippen LogP contribution in [-0.4, -0.2) is 25.0 Å². The summed E-state index contributed by atoms with van der Waals surface area (Å²) in [6.07, 6.45) is 0. The van der Waals surface area contributed by atoms with Gasteiger partial charge in [0, 0.05) is 19.1 Å². The molecule has 0 spiro atoms. The zero-order chi connectivity index (χ0) is 10.7. The smallest absolute Gasteiger partial charge is 0.321 e. The number of rotatable bonds is 1. The molecule has 5 heteroatoms. The molecule has 1 rings (SSSR count). The summed E-state index contributed by atoms with van der Waals surface area (Å²) in [7, 11) is 3.30. The average molecular weight is 233 g/mol. The number of nitrogens with zero attached hydrogens (tertiary/aromatic N) is 1. The van der Waals surface area contributed by atoms with Gasteiger partial charge in [-0.3, -0.25) is 0 Å². The molecule has 0 saturated heterocycles. The third-order valence-electron chi connectivity index (χ3n) is 1.58. The van der Waals surface area contributed by atoms with Crippen LogP contribution in [0.2, 0.25) is 10.0 Å². The molecule has 0 heterocycles. The van der Waals surface area contributed by atoms with Crippen LogP contribution >= 0.6 is 23.2 Å². The summed E-state index contributed by atoms with van der Waals surface area (Å²) >= 11 is 11.6. The number of urea groups is 1. The first-order valence-electron chi connectivity index (χ1n) is 3.94. The molecule has 1 aromatic carbocycles. The van der Waals surface area contributed by atoms with Crippen LogP contribution in [0.1, 0.15) is 0 Å². The average Bonchev–Trinajstić information content (AvgIpc) is 2.09. The van der Waals surface area contributed by atoms with Crippen molar-refractivity contribution < 1.29 is 4.79 Å². The molecular formula is C9H10Cl2N2O. The maximum absolute atomic E-state index is 11.3. The minimum Gasteiger partial charge on any atom is -0.331 e. The van der Waals surface area contributed by atoms with Gasteiger partial charge in [0.2, 0.25) is 0 Å². The lowest BCUT2D eigenvalue weighted by Crippen LogP contribution is -2.27. The summed E-state index contributed by atoms with van der Waals surface area (Å²) < 4.78 is 0. The van der Waals surface area contributed by atoms with Crippen molar-refractivity contribution in [1.29, 1.82) is 0 Å². The monoisotopic (exact) mass is 232 g/mol. The Labute approximate surface area is 92.6 Å². The zero-order valence-corrected chi connectivity index (χ0v) is 9.36. The fraction of sp³-hybridized carbons (Fsp3) is 0.222. The lowest BCUT2D eigenvalue weighted by Gasteiger charge is -2.12. The van der Waals surface area contributed by atoms with E-state index >= 15 is 0 Å². The Hall–Kier alpha value is -0.930. The molecule has 3 nitrogen and oxygen atoms in total. The molecule has 0 fully saturated rings. The van der Waals surface area contributed by atoms with Crippen LogP contribution < -0.4 is 5.32 Å². The summed E-state index contributed by atoms with van der Waals surface area (Å²) in [5.41, 5.74) is 0.551. The third-order valence-corrected chi connectivity index (χ3v) is 2.13. The normalized spacial score (nSPS) is 9.71. The molecule has 2 amide bonds.